The summed E-state index contributed by atoms with van der Waals surface area (Å²) in [5.41, 5.74) is 0.691. The Morgan fingerprint density at radius 1 is 1.12 bits per heavy atom. The van der Waals surface area contributed by atoms with Gasteiger partial charge in [0, 0.05) is 19.5 Å². The first kappa shape index (κ1) is 17.2. The second-order valence-electron chi connectivity index (χ2n) is 6.70. The van der Waals surface area contributed by atoms with E-state index in [1.165, 1.54) is 4.90 Å². The normalized spacial score (nSPS) is 26.8. The van der Waals surface area contributed by atoms with E-state index >= 15 is 0 Å². The molecule has 8 nitrogen and oxygen atoms in total. The first-order valence-electron chi connectivity index (χ1n) is 8.44. The molecule has 2 fully saturated rings. The fourth-order valence-corrected chi connectivity index (χ4v) is 5.69. The lowest BCUT2D eigenvalue weighted by molar-refractivity contribution is -0.142. The maximum atomic E-state index is 12.6. The molecule has 138 valence electrons. The van der Waals surface area contributed by atoms with Crippen LogP contribution in [0.15, 0.2) is 24.3 Å². The van der Waals surface area contributed by atoms with E-state index in [1.54, 1.807) is 24.3 Å². The Kier molecular flexibility index (Phi) is 4.07. The van der Waals surface area contributed by atoms with Crippen LogP contribution >= 0.6 is 0 Å². The Hall–Kier alpha value is -2.26. The smallest absolute Gasteiger partial charge is 0.261 e. The van der Waals surface area contributed by atoms with Crippen molar-refractivity contribution in [1.29, 1.82) is 0 Å². The molecule has 2 unspecified atom stereocenters. The summed E-state index contributed by atoms with van der Waals surface area (Å²) >= 11 is 0. The van der Waals surface area contributed by atoms with Gasteiger partial charge in [0.1, 0.15) is 0 Å². The molecule has 3 aliphatic rings. The van der Waals surface area contributed by atoms with Gasteiger partial charge in [0.2, 0.25) is 5.91 Å². The summed E-state index contributed by atoms with van der Waals surface area (Å²) in [5, 5.41) is 0. The Morgan fingerprint density at radius 3 is 2.42 bits per heavy atom. The minimum Gasteiger partial charge on any atom is -0.373 e. The zero-order valence-corrected chi connectivity index (χ0v) is 14.8. The number of amides is 3. The van der Waals surface area contributed by atoms with Crippen molar-refractivity contribution < 1.29 is 27.5 Å². The molecule has 2 saturated heterocycles. The van der Waals surface area contributed by atoms with Crippen molar-refractivity contribution >= 4 is 27.6 Å². The maximum absolute atomic E-state index is 12.6. The van der Waals surface area contributed by atoms with Gasteiger partial charge >= 0.3 is 0 Å². The Labute approximate surface area is 150 Å². The van der Waals surface area contributed by atoms with Gasteiger partial charge in [-0.3, -0.25) is 19.3 Å². The molecule has 3 amide bonds. The Balaban J connectivity index is 1.43. The van der Waals surface area contributed by atoms with Gasteiger partial charge in [-0.05, 0) is 12.1 Å². The summed E-state index contributed by atoms with van der Waals surface area (Å²) in [4.78, 5) is 39.9. The topological polar surface area (TPSA) is 101 Å². The van der Waals surface area contributed by atoms with E-state index in [0.717, 1.165) is 4.90 Å². The molecule has 0 saturated carbocycles. The number of carbonyl (C=O) groups excluding carboxylic acids is 3. The average Bonchev–Trinajstić information content (AvgIpc) is 3.06. The predicted molar refractivity (Wildman–Crippen MR) is 90.3 cm³/mol. The molecule has 2 atom stereocenters. The van der Waals surface area contributed by atoms with E-state index in [2.05, 4.69) is 0 Å². The van der Waals surface area contributed by atoms with E-state index in [0.29, 0.717) is 17.7 Å². The fraction of sp³-hybridized carbons (Fsp3) is 0.471. The van der Waals surface area contributed by atoms with Crippen molar-refractivity contribution in [3.8, 4) is 0 Å². The molecule has 1 aromatic carbocycles. The number of sulfone groups is 1. The van der Waals surface area contributed by atoms with Gasteiger partial charge in [-0.2, -0.15) is 0 Å². The molecule has 9 heteroatoms. The van der Waals surface area contributed by atoms with Crippen LogP contribution in [-0.4, -0.2) is 79.3 Å². The second kappa shape index (κ2) is 6.17. The molecule has 0 bridgehead atoms. The molecule has 0 aliphatic carbocycles. The largest absolute Gasteiger partial charge is 0.373 e. The molecule has 3 aliphatic heterocycles. The lowest BCUT2D eigenvalue weighted by atomic mass is 10.1. The summed E-state index contributed by atoms with van der Waals surface area (Å²) in [5.74, 6) is -1.24. The van der Waals surface area contributed by atoms with Crippen LogP contribution in [0.1, 0.15) is 27.1 Å². The second-order valence-corrected chi connectivity index (χ2v) is 8.85. The van der Waals surface area contributed by atoms with Gasteiger partial charge in [0.25, 0.3) is 11.8 Å². The fourth-order valence-electron chi connectivity index (χ4n) is 3.82. The minimum atomic E-state index is -3.22. The number of rotatable bonds is 3. The molecule has 0 aromatic heterocycles. The first-order valence-corrected chi connectivity index (χ1v) is 10.3. The zero-order chi connectivity index (χ0) is 18.5. The van der Waals surface area contributed by atoms with Gasteiger partial charge < -0.3 is 9.64 Å². The highest BCUT2D eigenvalue weighted by Crippen LogP contribution is 2.26. The summed E-state index contributed by atoms with van der Waals surface area (Å²) < 4.78 is 29.1. The van der Waals surface area contributed by atoms with Crippen LogP contribution < -0.4 is 0 Å². The monoisotopic (exact) mass is 378 g/mol. The molecule has 1 aromatic rings. The third-order valence-electron chi connectivity index (χ3n) is 5.08. The van der Waals surface area contributed by atoms with E-state index in [-0.39, 0.29) is 37.0 Å². The number of morpholine rings is 1. The van der Waals surface area contributed by atoms with Crippen LogP contribution in [-0.2, 0) is 19.4 Å². The standard InChI is InChI=1S/C17H18N2O6S/c20-15(18-7-8-25-14-10-26(23,24)9-13(14)18)5-6-19-16(21)11-3-1-2-4-12(11)17(19)22/h1-4,13-14H,5-10H2. The van der Waals surface area contributed by atoms with E-state index in [4.69, 9.17) is 4.74 Å². The number of imide groups is 1. The van der Waals surface area contributed by atoms with Gasteiger partial charge in [-0.25, -0.2) is 8.42 Å². The van der Waals surface area contributed by atoms with Gasteiger partial charge in [-0.15, -0.1) is 0 Å². The van der Waals surface area contributed by atoms with Crippen molar-refractivity contribution in [3.63, 3.8) is 0 Å². The lowest BCUT2D eigenvalue weighted by Gasteiger charge is -2.36. The first-order chi connectivity index (χ1) is 12.4. The Morgan fingerprint density at radius 2 is 1.77 bits per heavy atom. The van der Waals surface area contributed by atoms with E-state index in [9.17, 15) is 22.8 Å². The van der Waals surface area contributed by atoms with Crippen LogP contribution in [0.25, 0.3) is 0 Å². The van der Waals surface area contributed by atoms with Crippen LogP contribution in [0.3, 0.4) is 0 Å². The van der Waals surface area contributed by atoms with Crippen molar-refractivity contribution in [3.05, 3.63) is 35.4 Å². The average molecular weight is 378 g/mol. The number of nitrogens with zero attached hydrogens (tertiary/aromatic N) is 2. The molecule has 0 spiro atoms. The molecule has 0 radical (unpaired) electrons. The lowest BCUT2D eigenvalue weighted by Crippen LogP contribution is -2.53. The third kappa shape index (κ3) is 2.80. The number of carbonyl (C=O) groups is 3. The number of benzene rings is 1. The molecule has 4 rings (SSSR count). The minimum absolute atomic E-state index is 0.0212. The van der Waals surface area contributed by atoms with Gasteiger partial charge in [-0.1, -0.05) is 12.1 Å². The molecular weight excluding hydrogens is 360 g/mol. The van der Waals surface area contributed by atoms with E-state index in [1.807, 2.05) is 0 Å². The molecule has 3 heterocycles. The van der Waals surface area contributed by atoms with Crippen LogP contribution in [0.2, 0.25) is 0 Å². The van der Waals surface area contributed by atoms with Crippen LogP contribution in [0, 0.1) is 0 Å². The van der Waals surface area contributed by atoms with Crippen molar-refractivity contribution in [2.24, 2.45) is 0 Å². The van der Waals surface area contributed by atoms with Crippen LogP contribution in [0.5, 0.6) is 0 Å². The van der Waals surface area contributed by atoms with E-state index < -0.39 is 33.8 Å². The maximum Gasteiger partial charge on any atom is 0.261 e. The SMILES string of the molecule is O=C1c2ccccc2C(=O)N1CCC(=O)N1CCOC2CS(=O)(=O)CC21. The predicted octanol–water partition coefficient (Wildman–Crippen LogP) is -0.303. The highest BCUT2D eigenvalue weighted by Gasteiger charge is 2.45. The summed E-state index contributed by atoms with van der Waals surface area (Å²) in [6.07, 6.45) is -0.522. The number of ether oxygens (including phenoxy) is 1. The van der Waals surface area contributed by atoms with Crippen molar-refractivity contribution in [2.45, 2.75) is 18.6 Å². The molecule has 0 N–H and O–H groups in total. The number of fused-ring (bicyclic) bond motifs is 2. The van der Waals surface area contributed by atoms with Crippen molar-refractivity contribution in [2.75, 3.05) is 31.2 Å². The summed E-state index contributed by atoms with van der Waals surface area (Å²) in [6, 6.07) is 6.07. The molecule has 26 heavy (non-hydrogen) atoms. The third-order valence-corrected chi connectivity index (χ3v) is 6.77. The number of hydrogen-bond donors (Lipinski definition) is 0. The quantitative estimate of drug-likeness (QED) is 0.669. The van der Waals surface area contributed by atoms with Crippen LogP contribution in [0.4, 0.5) is 0 Å². The van der Waals surface area contributed by atoms with Gasteiger partial charge in [0.15, 0.2) is 9.84 Å². The molecular formula is C17H18N2O6S. The Bertz CT molecular complexity index is 861. The highest BCUT2D eigenvalue weighted by atomic mass is 32.2. The van der Waals surface area contributed by atoms with Gasteiger partial charge in [0.05, 0.1) is 41.4 Å². The van der Waals surface area contributed by atoms with Crippen molar-refractivity contribution in [1.82, 2.24) is 9.80 Å². The summed E-state index contributed by atoms with van der Waals surface area (Å²) in [7, 11) is -3.22. The number of hydrogen-bond acceptors (Lipinski definition) is 6. The highest BCUT2D eigenvalue weighted by molar-refractivity contribution is 7.91. The summed E-state index contributed by atoms with van der Waals surface area (Å²) in [6.45, 7) is 0.583. The zero-order valence-electron chi connectivity index (χ0n) is 14.0.